The zero-order valence-corrected chi connectivity index (χ0v) is 15.1. The van der Waals surface area contributed by atoms with Gasteiger partial charge in [0.05, 0.1) is 26.8 Å². The van der Waals surface area contributed by atoms with Crippen LogP contribution in [0.5, 0.6) is 11.5 Å². The van der Waals surface area contributed by atoms with E-state index in [4.69, 9.17) is 14.2 Å². The summed E-state index contributed by atoms with van der Waals surface area (Å²) in [6.07, 6.45) is -0.916. The third-order valence-electron chi connectivity index (χ3n) is 4.21. The van der Waals surface area contributed by atoms with Gasteiger partial charge in [0.2, 0.25) is 5.91 Å². The molecule has 2 amide bonds. The van der Waals surface area contributed by atoms with Crippen molar-refractivity contribution < 1.29 is 28.4 Å². The smallest absolute Gasteiger partial charge is 0.251 e. The molecule has 3 rings (SSSR count). The van der Waals surface area contributed by atoms with Gasteiger partial charge in [-0.3, -0.25) is 9.59 Å². The second-order valence-electron chi connectivity index (χ2n) is 5.91. The molecule has 0 saturated carbocycles. The Morgan fingerprint density at radius 2 is 2.07 bits per heavy atom. The van der Waals surface area contributed by atoms with Crippen molar-refractivity contribution in [2.24, 2.45) is 0 Å². The number of carbonyl (C=O) groups is 2. The summed E-state index contributed by atoms with van der Waals surface area (Å²) < 4.78 is 20.6. The third-order valence-corrected chi connectivity index (χ3v) is 4.21. The van der Waals surface area contributed by atoms with Crippen LogP contribution in [0.3, 0.4) is 0 Å². The zero-order valence-electron chi connectivity index (χ0n) is 15.1. The first-order valence-corrected chi connectivity index (χ1v) is 8.22. The molecule has 2 N–H and O–H groups in total. The highest BCUT2D eigenvalue weighted by Gasteiger charge is 2.36. The van der Waals surface area contributed by atoms with E-state index in [0.29, 0.717) is 28.5 Å². The average molecular weight is 376 g/mol. The van der Waals surface area contributed by atoms with Gasteiger partial charge in [-0.05, 0) is 24.6 Å². The fourth-order valence-electron chi connectivity index (χ4n) is 2.77. The first-order valence-electron chi connectivity index (χ1n) is 8.22. The van der Waals surface area contributed by atoms with Crippen molar-refractivity contribution in [3.05, 3.63) is 35.2 Å². The third kappa shape index (κ3) is 4.00. The van der Waals surface area contributed by atoms with E-state index < -0.39 is 18.1 Å². The molecule has 2 heterocycles. The van der Waals surface area contributed by atoms with E-state index in [1.54, 1.807) is 25.1 Å². The Labute approximate surface area is 155 Å². The number of hydrogen-bond donors (Lipinski definition) is 2. The molecule has 10 nitrogen and oxygen atoms in total. The van der Waals surface area contributed by atoms with Crippen LogP contribution < -0.4 is 20.1 Å². The quantitative estimate of drug-likeness (QED) is 0.736. The number of aryl methyl sites for hydroxylation is 1. The lowest BCUT2D eigenvalue weighted by Gasteiger charge is -2.32. The van der Waals surface area contributed by atoms with Crippen LogP contribution in [0, 0.1) is 6.92 Å². The van der Waals surface area contributed by atoms with E-state index in [2.05, 4.69) is 25.6 Å². The maximum atomic E-state index is 12.7. The molecular weight excluding hydrogens is 356 g/mol. The van der Waals surface area contributed by atoms with Crippen molar-refractivity contribution in [1.82, 2.24) is 20.9 Å². The predicted molar refractivity (Wildman–Crippen MR) is 91.1 cm³/mol. The summed E-state index contributed by atoms with van der Waals surface area (Å²) in [6, 6.07) is 4.47. The maximum absolute atomic E-state index is 12.7. The Bertz CT molecular complexity index is 837. The summed E-state index contributed by atoms with van der Waals surface area (Å²) in [7, 11) is 3.04. The molecular formula is C17H20N4O6. The summed E-state index contributed by atoms with van der Waals surface area (Å²) in [5.41, 5.74) is 1.76. The van der Waals surface area contributed by atoms with Gasteiger partial charge in [0.15, 0.2) is 17.6 Å². The Hall–Kier alpha value is -3.14. The van der Waals surface area contributed by atoms with E-state index >= 15 is 0 Å². The van der Waals surface area contributed by atoms with Crippen molar-refractivity contribution >= 4 is 11.8 Å². The number of nitrogens with one attached hydrogen (secondary N) is 2. The van der Waals surface area contributed by atoms with Crippen molar-refractivity contribution in [2.45, 2.75) is 25.6 Å². The molecule has 2 atom stereocenters. The molecule has 2 aromatic rings. The van der Waals surface area contributed by atoms with Crippen molar-refractivity contribution in [1.29, 1.82) is 0 Å². The number of aromatic nitrogens is 2. The highest BCUT2D eigenvalue weighted by molar-refractivity contribution is 5.86. The number of nitrogens with zero attached hydrogens (tertiary/aromatic N) is 2. The number of benzene rings is 1. The first-order chi connectivity index (χ1) is 13.0. The lowest BCUT2D eigenvalue weighted by atomic mass is 9.98. The van der Waals surface area contributed by atoms with Crippen LogP contribution >= 0.6 is 0 Å². The van der Waals surface area contributed by atoms with Gasteiger partial charge in [0.25, 0.3) is 5.91 Å². The van der Waals surface area contributed by atoms with Crippen molar-refractivity contribution in [3.8, 4) is 11.5 Å². The predicted octanol–water partition coefficient (Wildman–Crippen LogP) is 0.268. The highest BCUT2D eigenvalue weighted by Crippen LogP contribution is 2.32. The maximum Gasteiger partial charge on any atom is 0.251 e. The topological polar surface area (TPSA) is 125 Å². The molecule has 0 radical (unpaired) electrons. The zero-order chi connectivity index (χ0) is 19.4. The van der Waals surface area contributed by atoms with Gasteiger partial charge in [0.1, 0.15) is 18.0 Å². The molecule has 0 bridgehead atoms. The van der Waals surface area contributed by atoms with Crippen LogP contribution in [0.25, 0.3) is 0 Å². The summed E-state index contributed by atoms with van der Waals surface area (Å²) in [6.45, 7) is 1.66. The lowest BCUT2D eigenvalue weighted by molar-refractivity contribution is -0.148. The van der Waals surface area contributed by atoms with Gasteiger partial charge in [-0.2, -0.15) is 0 Å². The summed E-state index contributed by atoms with van der Waals surface area (Å²) in [4.78, 5) is 24.5. The van der Waals surface area contributed by atoms with E-state index in [0.717, 1.165) is 0 Å². The Morgan fingerprint density at radius 3 is 2.74 bits per heavy atom. The number of carbonyl (C=O) groups excluding carboxylic acids is 2. The minimum atomic E-state index is -0.916. The minimum absolute atomic E-state index is 0.140. The second-order valence-corrected chi connectivity index (χ2v) is 5.91. The molecule has 1 fully saturated rings. The molecule has 0 spiro atoms. The van der Waals surface area contributed by atoms with Gasteiger partial charge in [0, 0.05) is 0 Å². The molecule has 10 heteroatoms. The number of hydrogen-bond acceptors (Lipinski definition) is 8. The molecule has 1 saturated heterocycles. The van der Waals surface area contributed by atoms with Crippen LogP contribution in [0.4, 0.5) is 0 Å². The molecule has 0 unspecified atom stereocenters. The highest BCUT2D eigenvalue weighted by atomic mass is 16.6. The normalized spacial score (nSPS) is 19.3. The summed E-state index contributed by atoms with van der Waals surface area (Å²) in [5, 5.41) is 12.9. The van der Waals surface area contributed by atoms with Gasteiger partial charge in [-0.15, -0.1) is 0 Å². The molecule has 1 aromatic carbocycles. The summed E-state index contributed by atoms with van der Waals surface area (Å²) >= 11 is 0. The molecule has 0 aliphatic carbocycles. The fourth-order valence-corrected chi connectivity index (χ4v) is 2.77. The Morgan fingerprint density at radius 1 is 1.30 bits per heavy atom. The Balaban J connectivity index is 1.79. The standard InChI is InChI=1S/C17H20N4O6/c1-9-11(21-27-20-9)7-18-17(23)16-15(19-14(22)8-26-16)10-4-5-12(24-2)13(6-10)25-3/h4-6,15-16H,7-8H2,1-3H3,(H,18,23)(H,19,22)/t15-,16+/m1/s1. The number of morpholine rings is 1. The molecule has 144 valence electrons. The number of rotatable bonds is 6. The van der Waals surface area contributed by atoms with Gasteiger partial charge in [-0.1, -0.05) is 16.4 Å². The van der Waals surface area contributed by atoms with Gasteiger partial charge < -0.3 is 24.8 Å². The van der Waals surface area contributed by atoms with Crippen LogP contribution in [0.1, 0.15) is 23.0 Å². The molecule has 1 aliphatic rings. The minimum Gasteiger partial charge on any atom is -0.493 e. The monoisotopic (exact) mass is 376 g/mol. The van der Waals surface area contributed by atoms with Crippen LogP contribution in [-0.4, -0.2) is 49.1 Å². The van der Waals surface area contributed by atoms with Gasteiger partial charge in [-0.25, -0.2) is 4.63 Å². The SMILES string of the molecule is COc1ccc([C@H]2NC(=O)CO[C@@H]2C(=O)NCc2nonc2C)cc1OC. The summed E-state index contributed by atoms with van der Waals surface area (Å²) in [5.74, 6) is 0.324. The molecule has 1 aliphatic heterocycles. The van der Waals surface area contributed by atoms with E-state index in [9.17, 15) is 9.59 Å². The van der Waals surface area contributed by atoms with E-state index in [1.165, 1.54) is 14.2 Å². The van der Waals surface area contributed by atoms with Gasteiger partial charge >= 0.3 is 0 Å². The van der Waals surface area contributed by atoms with E-state index in [1.807, 2.05) is 0 Å². The average Bonchev–Trinajstić information content (AvgIpc) is 3.10. The molecule has 27 heavy (non-hydrogen) atoms. The van der Waals surface area contributed by atoms with E-state index in [-0.39, 0.29) is 19.1 Å². The van der Waals surface area contributed by atoms with Crippen molar-refractivity contribution in [2.75, 3.05) is 20.8 Å². The number of ether oxygens (including phenoxy) is 3. The van der Waals surface area contributed by atoms with Crippen LogP contribution in [-0.2, 0) is 20.9 Å². The number of amides is 2. The van der Waals surface area contributed by atoms with Crippen molar-refractivity contribution in [3.63, 3.8) is 0 Å². The van der Waals surface area contributed by atoms with Crippen LogP contribution in [0.2, 0.25) is 0 Å². The largest absolute Gasteiger partial charge is 0.493 e. The molecule has 1 aromatic heterocycles. The first kappa shape index (κ1) is 18.6. The fraction of sp³-hybridized carbons (Fsp3) is 0.412. The Kier molecular flexibility index (Phi) is 5.55. The van der Waals surface area contributed by atoms with Crippen LogP contribution in [0.15, 0.2) is 22.8 Å². The lowest BCUT2D eigenvalue weighted by Crippen LogP contribution is -2.52. The second kappa shape index (κ2) is 8.04. The number of methoxy groups -OCH3 is 2.